The first-order chi connectivity index (χ1) is 13.9. The van der Waals surface area contributed by atoms with Crippen molar-refractivity contribution in [2.45, 2.75) is 26.3 Å². The highest BCUT2D eigenvalue weighted by molar-refractivity contribution is 6.31. The maximum absolute atomic E-state index is 13.4. The zero-order valence-corrected chi connectivity index (χ0v) is 16.9. The molecular formula is C23H20ClNO4. The lowest BCUT2D eigenvalue weighted by molar-refractivity contribution is -0.129. The molecule has 148 valence electrons. The normalized spacial score (nSPS) is 16.9. The monoisotopic (exact) mass is 409 g/mol. The molecule has 1 aliphatic heterocycles. The van der Waals surface area contributed by atoms with Crippen molar-refractivity contribution in [1.29, 1.82) is 0 Å². The van der Waals surface area contributed by atoms with Crippen LogP contribution in [0.5, 0.6) is 0 Å². The predicted molar refractivity (Wildman–Crippen MR) is 111 cm³/mol. The number of amides is 1. The van der Waals surface area contributed by atoms with Crippen LogP contribution in [0, 0.1) is 6.92 Å². The van der Waals surface area contributed by atoms with E-state index in [2.05, 4.69) is 0 Å². The lowest BCUT2D eigenvalue weighted by Gasteiger charge is -2.26. The Morgan fingerprint density at radius 2 is 2.00 bits per heavy atom. The second-order valence-electron chi connectivity index (χ2n) is 7.20. The quantitative estimate of drug-likeness (QED) is 0.574. The minimum absolute atomic E-state index is 0.0409. The van der Waals surface area contributed by atoms with Crippen molar-refractivity contribution in [2.24, 2.45) is 0 Å². The van der Waals surface area contributed by atoms with E-state index in [1.165, 1.54) is 4.90 Å². The highest BCUT2D eigenvalue weighted by Gasteiger charge is 2.44. The molecule has 1 aromatic heterocycles. The van der Waals surface area contributed by atoms with Gasteiger partial charge in [0.1, 0.15) is 5.58 Å². The van der Waals surface area contributed by atoms with Crippen LogP contribution in [0.3, 0.4) is 0 Å². The van der Waals surface area contributed by atoms with Crippen molar-refractivity contribution in [1.82, 2.24) is 4.90 Å². The minimum atomic E-state index is -0.661. The number of Topliss-reactive ketones (excluding diaryl/α,β-unsaturated/α-hetero) is 1. The molecule has 1 atom stereocenters. The lowest BCUT2D eigenvalue weighted by Crippen LogP contribution is -2.31. The molecule has 0 bridgehead atoms. The first-order valence-corrected chi connectivity index (χ1v) is 9.83. The summed E-state index contributed by atoms with van der Waals surface area (Å²) in [6, 6.07) is 13.6. The largest absolute Gasteiger partial charge is 0.503 e. The van der Waals surface area contributed by atoms with Crippen LogP contribution in [0.4, 0.5) is 0 Å². The van der Waals surface area contributed by atoms with Crippen molar-refractivity contribution >= 4 is 34.3 Å². The molecule has 0 saturated carbocycles. The molecule has 1 unspecified atom stereocenters. The van der Waals surface area contributed by atoms with E-state index in [-0.39, 0.29) is 11.3 Å². The highest BCUT2D eigenvalue weighted by atomic mass is 35.5. The molecule has 3 aromatic rings. The van der Waals surface area contributed by atoms with Gasteiger partial charge >= 0.3 is 0 Å². The molecule has 0 aliphatic carbocycles. The molecule has 1 aliphatic rings. The maximum atomic E-state index is 13.4. The van der Waals surface area contributed by atoms with Crippen LogP contribution in [0.25, 0.3) is 11.0 Å². The number of carbonyl (C=O) groups excluding carboxylic acids is 2. The molecule has 0 saturated heterocycles. The number of nitrogens with zero attached hydrogens (tertiary/aromatic N) is 1. The molecule has 4 rings (SSSR count). The Balaban J connectivity index is 1.83. The van der Waals surface area contributed by atoms with Crippen LogP contribution >= 0.6 is 11.6 Å². The first kappa shape index (κ1) is 19.3. The molecule has 0 fully saturated rings. The van der Waals surface area contributed by atoms with Crippen LogP contribution in [0.2, 0.25) is 5.02 Å². The van der Waals surface area contributed by atoms with Gasteiger partial charge in [-0.25, -0.2) is 0 Å². The summed E-state index contributed by atoms with van der Waals surface area (Å²) in [6.07, 6.45) is 0.700. The van der Waals surface area contributed by atoms with Gasteiger partial charge in [0.25, 0.3) is 5.91 Å². The number of hydrogen-bond donors (Lipinski definition) is 1. The van der Waals surface area contributed by atoms with E-state index in [1.54, 1.807) is 24.3 Å². The summed E-state index contributed by atoms with van der Waals surface area (Å²) in [5.41, 5.74) is 2.33. The van der Waals surface area contributed by atoms with Gasteiger partial charge in [-0.1, -0.05) is 48.4 Å². The summed E-state index contributed by atoms with van der Waals surface area (Å²) in [4.78, 5) is 27.6. The van der Waals surface area contributed by atoms with Crippen LogP contribution in [-0.4, -0.2) is 28.2 Å². The second kappa shape index (κ2) is 7.41. The molecule has 2 aromatic carbocycles. The minimum Gasteiger partial charge on any atom is -0.503 e. The van der Waals surface area contributed by atoms with Gasteiger partial charge in [0.15, 0.2) is 11.5 Å². The highest BCUT2D eigenvalue weighted by Crippen LogP contribution is 2.40. The lowest BCUT2D eigenvalue weighted by atomic mass is 9.94. The molecule has 0 spiro atoms. The summed E-state index contributed by atoms with van der Waals surface area (Å²) < 4.78 is 5.70. The van der Waals surface area contributed by atoms with E-state index in [9.17, 15) is 14.7 Å². The molecular weight excluding hydrogens is 390 g/mol. The van der Waals surface area contributed by atoms with Crippen LogP contribution in [-0.2, 0) is 4.79 Å². The van der Waals surface area contributed by atoms with Gasteiger partial charge < -0.3 is 14.4 Å². The Bertz CT molecular complexity index is 1160. The fourth-order valence-electron chi connectivity index (χ4n) is 3.80. The van der Waals surface area contributed by atoms with E-state index < -0.39 is 23.5 Å². The molecule has 1 N–H and O–H groups in total. The number of aryl methyl sites for hydroxylation is 1. The van der Waals surface area contributed by atoms with E-state index in [0.29, 0.717) is 29.0 Å². The van der Waals surface area contributed by atoms with Gasteiger partial charge in [0.2, 0.25) is 5.78 Å². The summed E-state index contributed by atoms with van der Waals surface area (Å²) in [7, 11) is 0. The fraction of sp³-hybridized carbons (Fsp3) is 0.217. The van der Waals surface area contributed by atoms with E-state index in [0.717, 1.165) is 11.1 Å². The predicted octanol–water partition coefficient (Wildman–Crippen LogP) is 5.38. The SMILES string of the molecule is CCCN1C(=O)C(O)=C(C(=O)c2cc3cc(Cl)ccc3o2)C1c1cccc(C)c1. The summed E-state index contributed by atoms with van der Waals surface area (Å²) >= 11 is 6.02. The van der Waals surface area contributed by atoms with Gasteiger partial charge in [-0.05, 0) is 43.2 Å². The molecule has 6 heteroatoms. The fourth-order valence-corrected chi connectivity index (χ4v) is 3.98. The molecule has 5 nitrogen and oxygen atoms in total. The number of carbonyl (C=O) groups is 2. The van der Waals surface area contributed by atoms with Gasteiger partial charge in [-0.2, -0.15) is 0 Å². The Kier molecular flexibility index (Phi) is 4.92. The number of fused-ring (bicyclic) bond motifs is 1. The topological polar surface area (TPSA) is 70.8 Å². The van der Waals surface area contributed by atoms with Crippen LogP contribution in [0.15, 0.2) is 64.3 Å². The second-order valence-corrected chi connectivity index (χ2v) is 7.64. The number of furan rings is 1. The van der Waals surface area contributed by atoms with Crippen molar-refractivity contribution in [3.05, 3.63) is 81.8 Å². The van der Waals surface area contributed by atoms with E-state index in [1.807, 2.05) is 38.1 Å². The molecule has 1 amide bonds. The van der Waals surface area contributed by atoms with Gasteiger partial charge in [0.05, 0.1) is 11.6 Å². The number of hydrogen-bond acceptors (Lipinski definition) is 4. The van der Waals surface area contributed by atoms with Crippen molar-refractivity contribution in [2.75, 3.05) is 6.54 Å². The van der Waals surface area contributed by atoms with E-state index in [4.69, 9.17) is 16.0 Å². The standard InChI is InChI=1S/C23H20ClNO4/c1-3-9-25-20(14-6-4-5-13(2)10-14)19(22(27)23(25)28)21(26)18-12-15-11-16(24)7-8-17(15)29-18/h4-8,10-12,20,27H,3,9H2,1-2H3. The number of benzene rings is 2. The Morgan fingerprint density at radius 1 is 1.21 bits per heavy atom. The average Bonchev–Trinajstić information content (AvgIpc) is 3.22. The molecule has 2 heterocycles. The van der Waals surface area contributed by atoms with Crippen molar-refractivity contribution < 1.29 is 19.1 Å². The third kappa shape index (κ3) is 3.32. The van der Waals surface area contributed by atoms with Crippen LogP contribution in [0.1, 0.15) is 41.1 Å². The zero-order chi connectivity index (χ0) is 20.7. The summed E-state index contributed by atoms with van der Waals surface area (Å²) in [5.74, 6) is -1.50. The Morgan fingerprint density at radius 3 is 2.72 bits per heavy atom. The smallest absolute Gasteiger partial charge is 0.290 e. The zero-order valence-electron chi connectivity index (χ0n) is 16.1. The first-order valence-electron chi connectivity index (χ1n) is 9.45. The molecule has 0 radical (unpaired) electrons. The van der Waals surface area contributed by atoms with Crippen molar-refractivity contribution in [3.8, 4) is 0 Å². The third-order valence-electron chi connectivity index (χ3n) is 5.07. The van der Waals surface area contributed by atoms with Crippen molar-refractivity contribution in [3.63, 3.8) is 0 Å². The van der Waals surface area contributed by atoms with E-state index >= 15 is 0 Å². The maximum Gasteiger partial charge on any atom is 0.290 e. The number of rotatable bonds is 5. The summed E-state index contributed by atoms with van der Waals surface area (Å²) in [6.45, 7) is 4.31. The van der Waals surface area contributed by atoms with Gasteiger partial charge in [0, 0.05) is 17.0 Å². The molecule has 29 heavy (non-hydrogen) atoms. The number of ketones is 1. The summed E-state index contributed by atoms with van der Waals surface area (Å²) in [5, 5.41) is 11.8. The third-order valence-corrected chi connectivity index (χ3v) is 5.31. The van der Waals surface area contributed by atoms with Gasteiger partial charge in [-0.3, -0.25) is 9.59 Å². The Labute approximate surface area is 173 Å². The van der Waals surface area contributed by atoms with Gasteiger partial charge in [-0.15, -0.1) is 0 Å². The van der Waals surface area contributed by atoms with Crippen LogP contribution < -0.4 is 0 Å². The number of aliphatic hydroxyl groups excluding tert-OH is 1. The number of halogens is 1. The number of aliphatic hydroxyl groups is 1. The average molecular weight is 410 g/mol. The Hall–Kier alpha value is -3.05.